The van der Waals surface area contributed by atoms with Gasteiger partial charge in [0.15, 0.2) is 0 Å². The number of imidazole rings is 2. The van der Waals surface area contributed by atoms with E-state index in [2.05, 4.69) is 33.1 Å². The molecule has 0 saturated heterocycles. The number of rotatable bonds is 2. The van der Waals surface area contributed by atoms with Crippen LogP contribution < -0.4 is 0 Å². The van der Waals surface area contributed by atoms with Gasteiger partial charge in [-0.15, -0.1) is 0 Å². The standard InChI is InChI=1S/2C4H6O2.2C3H4N2/c2*1-3(2)4(5)6;2*1-2-5-3-4-1/h2*1H2,2H3,(H,5,6);2*1-3H,(H,4,5). The van der Waals surface area contributed by atoms with Gasteiger partial charge in [-0.25, -0.2) is 19.6 Å². The van der Waals surface area contributed by atoms with Crippen LogP contribution in [0.25, 0.3) is 0 Å². The highest BCUT2D eigenvalue weighted by Crippen LogP contribution is 1.81. The normalized spacial score (nSPS) is 7.73. The molecule has 8 nitrogen and oxygen atoms in total. The third-order valence-electron chi connectivity index (χ3n) is 1.54. The van der Waals surface area contributed by atoms with Gasteiger partial charge in [0, 0.05) is 35.9 Å². The molecule has 0 aromatic carbocycles. The number of nitrogens with one attached hydrogen (secondary N) is 2. The van der Waals surface area contributed by atoms with Crippen molar-refractivity contribution in [2.75, 3.05) is 0 Å². The number of nitrogens with zero attached hydrogens (tertiary/aromatic N) is 2. The lowest BCUT2D eigenvalue weighted by molar-refractivity contribution is -0.133. The maximum atomic E-state index is 9.60. The molecular formula is C14H20N4O4. The maximum Gasteiger partial charge on any atom is 0.330 e. The summed E-state index contributed by atoms with van der Waals surface area (Å²) >= 11 is 0. The first-order chi connectivity index (χ1) is 10.3. The summed E-state index contributed by atoms with van der Waals surface area (Å²) in [5.41, 5.74) is 0.352. The van der Waals surface area contributed by atoms with Gasteiger partial charge < -0.3 is 20.2 Å². The summed E-state index contributed by atoms with van der Waals surface area (Å²) in [6.45, 7) is 9.20. The molecule has 22 heavy (non-hydrogen) atoms. The lowest BCUT2D eigenvalue weighted by atomic mass is 10.4. The minimum absolute atomic E-state index is 0.176. The van der Waals surface area contributed by atoms with E-state index in [1.807, 2.05) is 0 Å². The van der Waals surface area contributed by atoms with E-state index in [-0.39, 0.29) is 11.1 Å². The van der Waals surface area contributed by atoms with Gasteiger partial charge in [-0.05, 0) is 13.8 Å². The zero-order chi connectivity index (χ0) is 17.4. The van der Waals surface area contributed by atoms with Crippen LogP contribution in [-0.2, 0) is 9.59 Å². The van der Waals surface area contributed by atoms with Crippen LogP contribution in [0.15, 0.2) is 61.7 Å². The molecule has 0 aliphatic carbocycles. The van der Waals surface area contributed by atoms with E-state index in [1.54, 1.807) is 37.4 Å². The molecule has 2 aromatic rings. The van der Waals surface area contributed by atoms with Crippen LogP contribution in [0, 0.1) is 0 Å². The fourth-order valence-corrected chi connectivity index (χ4v) is 0.430. The number of aromatic amines is 2. The zero-order valence-electron chi connectivity index (χ0n) is 12.5. The van der Waals surface area contributed by atoms with Crippen LogP contribution in [0.2, 0.25) is 0 Å². The molecule has 0 fully saturated rings. The van der Waals surface area contributed by atoms with Crippen molar-refractivity contribution in [3.05, 3.63) is 61.7 Å². The SMILES string of the molecule is C=C(C)C(=O)O.C=C(C)C(=O)O.c1c[nH]cn1.c1c[nH]cn1. The van der Waals surface area contributed by atoms with Crippen LogP contribution in [0.1, 0.15) is 13.8 Å². The Morgan fingerprint density at radius 1 is 0.864 bits per heavy atom. The van der Waals surface area contributed by atoms with Gasteiger partial charge in [0.1, 0.15) is 0 Å². The molecule has 0 aliphatic heterocycles. The molecule has 2 aromatic heterocycles. The number of carboxylic acid groups (broad SMARTS) is 2. The van der Waals surface area contributed by atoms with E-state index in [0.717, 1.165) is 0 Å². The van der Waals surface area contributed by atoms with E-state index in [4.69, 9.17) is 10.2 Å². The average molecular weight is 308 g/mol. The molecule has 0 amide bonds. The molecule has 0 bridgehead atoms. The topological polar surface area (TPSA) is 132 Å². The highest BCUT2D eigenvalue weighted by Gasteiger charge is 1.90. The minimum atomic E-state index is -0.935. The molecule has 0 atom stereocenters. The number of aromatic nitrogens is 4. The highest BCUT2D eigenvalue weighted by atomic mass is 16.4. The zero-order valence-corrected chi connectivity index (χ0v) is 12.5. The molecular weight excluding hydrogens is 288 g/mol. The van der Waals surface area contributed by atoms with Crippen LogP contribution in [0.4, 0.5) is 0 Å². The summed E-state index contributed by atoms with van der Waals surface area (Å²) in [7, 11) is 0. The summed E-state index contributed by atoms with van der Waals surface area (Å²) in [5.74, 6) is -1.87. The minimum Gasteiger partial charge on any atom is -0.478 e. The van der Waals surface area contributed by atoms with Crippen molar-refractivity contribution in [3.63, 3.8) is 0 Å². The number of aliphatic carboxylic acids is 2. The van der Waals surface area contributed by atoms with Crippen molar-refractivity contribution in [2.24, 2.45) is 0 Å². The summed E-state index contributed by atoms with van der Waals surface area (Å²) in [4.78, 5) is 32.0. The fourth-order valence-electron chi connectivity index (χ4n) is 0.430. The number of hydrogen-bond acceptors (Lipinski definition) is 4. The number of carbonyl (C=O) groups is 2. The van der Waals surface area contributed by atoms with Crippen LogP contribution in [0.5, 0.6) is 0 Å². The van der Waals surface area contributed by atoms with Crippen molar-refractivity contribution in [2.45, 2.75) is 13.8 Å². The van der Waals surface area contributed by atoms with E-state index >= 15 is 0 Å². The summed E-state index contributed by atoms with van der Waals surface area (Å²) in [6, 6.07) is 0. The Hall–Kier alpha value is -3.16. The van der Waals surface area contributed by atoms with Crippen LogP contribution >= 0.6 is 0 Å². The summed E-state index contributed by atoms with van der Waals surface area (Å²) < 4.78 is 0. The van der Waals surface area contributed by atoms with Gasteiger partial charge in [0.05, 0.1) is 12.7 Å². The van der Waals surface area contributed by atoms with E-state index in [0.29, 0.717) is 0 Å². The fraction of sp³-hybridized carbons (Fsp3) is 0.143. The second-order valence-electron chi connectivity index (χ2n) is 3.69. The van der Waals surface area contributed by atoms with Crippen molar-refractivity contribution in [1.82, 2.24) is 19.9 Å². The third-order valence-corrected chi connectivity index (χ3v) is 1.54. The molecule has 8 heteroatoms. The van der Waals surface area contributed by atoms with Crippen LogP contribution in [0.3, 0.4) is 0 Å². The van der Waals surface area contributed by atoms with Gasteiger partial charge in [-0.3, -0.25) is 0 Å². The number of H-pyrrole nitrogens is 2. The largest absolute Gasteiger partial charge is 0.478 e. The second kappa shape index (κ2) is 14.3. The van der Waals surface area contributed by atoms with Gasteiger partial charge in [-0.1, -0.05) is 13.2 Å². The van der Waals surface area contributed by atoms with Gasteiger partial charge in [0.2, 0.25) is 0 Å². The monoisotopic (exact) mass is 308 g/mol. The highest BCUT2D eigenvalue weighted by molar-refractivity contribution is 5.85. The van der Waals surface area contributed by atoms with Crippen molar-refractivity contribution in [3.8, 4) is 0 Å². The molecule has 2 heterocycles. The Morgan fingerprint density at radius 2 is 1.14 bits per heavy atom. The molecule has 2 rings (SSSR count). The lowest BCUT2D eigenvalue weighted by Gasteiger charge is -1.79. The molecule has 0 aliphatic rings. The Kier molecular flexibility index (Phi) is 13.7. The van der Waals surface area contributed by atoms with Crippen molar-refractivity contribution < 1.29 is 19.8 Å². The van der Waals surface area contributed by atoms with Crippen molar-refractivity contribution >= 4 is 11.9 Å². The Labute approximate surface area is 128 Å². The van der Waals surface area contributed by atoms with E-state index < -0.39 is 11.9 Å². The number of hydrogen-bond donors (Lipinski definition) is 4. The first kappa shape index (κ1) is 21.1. The smallest absolute Gasteiger partial charge is 0.330 e. The third kappa shape index (κ3) is 19.2. The first-order valence-electron chi connectivity index (χ1n) is 5.92. The lowest BCUT2D eigenvalue weighted by Crippen LogP contribution is -1.92. The van der Waals surface area contributed by atoms with E-state index in [9.17, 15) is 9.59 Å². The predicted molar refractivity (Wildman–Crippen MR) is 82.1 cm³/mol. The Balaban J connectivity index is 0. The Bertz CT molecular complexity index is 425. The Morgan fingerprint density at radius 3 is 1.18 bits per heavy atom. The summed E-state index contributed by atoms with van der Waals surface area (Å²) in [6.07, 6.45) is 10.2. The molecule has 4 N–H and O–H groups in total. The van der Waals surface area contributed by atoms with Crippen molar-refractivity contribution in [1.29, 1.82) is 0 Å². The van der Waals surface area contributed by atoms with Gasteiger partial charge in [0.25, 0.3) is 0 Å². The van der Waals surface area contributed by atoms with Gasteiger partial charge in [-0.2, -0.15) is 0 Å². The second-order valence-corrected chi connectivity index (χ2v) is 3.69. The average Bonchev–Trinajstić information content (AvgIpc) is 3.18. The maximum absolute atomic E-state index is 9.60. The first-order valence-corrected chi connectivity index (χ1v) is 5.92. The van der Waals surface area contributed by atoms with E-state index in [1.165, 1.54) is 13.8 Å². The molecule has 120 valence electrons. The molecule has 0 spiro atoms. The molecule has 0 radical (unpaired) electrons. The number of carboxylic acids is 2. The molecule has 0 unspecified atom stereocenters. The summed E-state index contributed by atoms with van der Waals surface area (Å²) in [5, 5.41) is 15.8. The van der Waals surface area contributed by atoms with Crippen LogP contribution in [-0.4, -0.2) is 42.1 Å². The quantitative estimate of drug-likeness (QED) is 0.628. The van der Waals surface area contributed by atoms with Gasteiger partial charge >= 0.3 is 11.9 Å². The molecule has 0 saturated carbocycles. The predicted octanol–water partition coefficient (Wildman–Crippen LogP) is 2.11.